The Morgan fingerprint density at radius 3 is 2.29 bits per heavy atom. The summed E-state index contributed by atoms with van der Waals surface area (Å²) in [4.78, 5) is 8.84. The molecule has 7 nitrogen and oxygen atoms in total. The number of aliphatic hydroxyl groups is 1. The lowest BCUT2D eigenvalue weighted by Gasteiger charge is -2.40. The van der Waals surface area contributed by atoms with Crippen LogP contribution in [-0.4, -0.2) is 68.4 Å². The number of hydrogen-bond acceptors (Lipinski definition) is 7. The van der Waals surface area contributed by atoms with E-state index in [2.05, 4.69) is 9.97 Å². The minimum absolute atomic E-state index is 0.0627. The molecule has 0 spiro atoms. The summed E-state index contributed by atoms with van der Waals surface area (Å²) >= 11 is 0. The van der Waals surface area contributed by atoms with Crippen LogP contribution in [0.4, 0.5) is 0 Å². The fourth-order valence-corrected chi connectivity index (χ4v) is 2.63. The maximum Gasteiger partial charge on any atom is 0.137 e. The number of hydrogen-bond donors (Lipinski definition) is 1. The zero-order chi connectivity index (χ0) is 17.1. The molecule has 1 N–H and O–H groups in total. The van der Waals surface area contributed by atoms with E-state index in [1.807, 2.05) is 0 Å². The number of aliphatic hydroxyl groups excluding tert-OH is 1. The second kappa shape index (κ2) is 10.7. The highest BCUT2D eigenvalue weighted by molar-refractivity contribution is 5.15. The van der Waals surface area contributed by atoms with E-state index < -0.39 is 0 Å². The Hall–Kier alpha value is -1.12. The molecule has 1 aromatic rings. The normalized spacial score (nSPS) is 16.1. The van der Waals surface area contributed by atoms with Gasteiger partial charge in [-0.25, -0.2) is 9.97 Å². The van der Waals surface area contributed by atoms with Gasteiger partial charge in [-0.1, -0.05) is 6.42 Å². The molecule has 1 aromatic heterocycles. The quantitative estimate of drug-likeness (QED) is 0.538. The summed E-state index contributed by atoms with van der Waals surface area (Å²) in [5.41, 5.74) is 0.553. The van der Waals surface area contributed by atoms with E-state index in [4.69, 9.17) is 18.9 Å². The molecule has 0 unspecified atom stereocenters. The van der Waals surface area contributed by atoms with Gasteiger partial charge in [0.05, 0.1) is 64.0 Å². The summed E-state index contributed by atoms with van der Waals surface area (Å²) in [6, 6.07) is 1.74. The summed E-state index contributed by atoms with van der Waals surface area (Å²) in [7, 11) is 1.65. The van der Waals surface area contributed by atoms with Crippen molar-refractivity contribution in [3.63, 3.8) is 0 Å². The molecule has 0 radical (unpaired) electrons. The molecule has 0 atom stereocenters. The fraction of sp³-hybridized carbons (Fsp3) is 0.765. The van der Waals surface area contributed by atoms with Crippen LogP contribution < -0.4 is 0 Å². The smallest absolute Gasteiger partial charge is 0.137 e. The van der Waals surface area contributed by atoms with E-state index in [0.717, 1.165) is 25.1 Å². The minimum atomic E-state index is -0.103. The molecule has 1 aliphatic carbocycles. The first-order valence-electron chi connectivity index (χ1n) is 8.46. The molecule has 24 heavy (non-hydrogen) atoms. The van der Waals surface area contributed by atoms with Crippen molar-refractivity contribution in [2.24, 2.45) is 0 Å². The average molecular weight is 340 g/mol. The molecule has 0 aliphatic heterocycles. The van der Waals surface area contributed by atoms with Crippen LogP contribution in [0.15, 0.2) is 12.3 Å². The Morgan fingerprint density at radius 2 is 1.71 bits per heavy atom. The van der Waals surface area contributed by atoms with Crippen LogP contribution in [0, 0.1) is 0 Å². The number of rotatable bonds is 13. The first-order valence-corrected chi connectivity index (χ1v) is 8.46. The van der Waals surface area contributed by atoms with Gasteiger partial charge < -0.3 is 24.1 Å². The molecular weight excluding hydrogens is 312 g/mol. The first kappa shape index (κ1) is 19.2. The second-order valence-corrected chi connectivity index (χ2v) is 5.93. The van der Waals surface area contributed by atoms with Gasteiger partial charge >= 0.3 is 0 Å². The number of nitrogens with zero attached hydrogens (tertiary/aromatic N) is 2. The molecule has 7 heteroatoms. The third kappa shape index (κ3) is 5.75. The molecule has 1 saturated carbocycles. The molecule has 1 heterocycles. The Kier molecular flexibility index (Phi) is 8.55. The van der Waals surface area contributed by atoms with Crippen molar-refractivity contribution in [3.8, 4) is 0 Å². The maximum atomic E-state index is 9.23. The van der Waals surface area contributed by atoms with E-state index in [9.17, 15) is 5.11 Å². The zero-order valence-corrected chi connectivity index (χ0v) is 14.4. The molecule has 1 aliphatic rings. The van der Waals surface area contributed by atoms with Gasteiger partial charge in [-0.15, -0.1) is 0 Å². The predicted octanol–water partition coefficient (Wildman–Crippen LogP) is 1.09. The van der Waals surface area contributed by atoms with Crippen LogP contribution in [-0.2, 0) is 31.0 Å². The number of ether oxygens (including phenoxy) is 4. The molecule has 0 amide bonds. The third-order valence-corrected chi connectivity index (χ3v) is 4.21. The van der Waals surface area contributed by atoms with Crippen molar-refractivity contribution in [2.75, 3.05) is 53.4 Å². The van der Waals surface area contributed by atoms with Gasteiger partial charge in [0.1, 0.15) is 5.82 Å². The van der Waals surface area contributed by atoms with Crippen LogP contribution in [0.1, 0.15) is 30.8 Å². The summed E-state index contributed by atoms with van der Waals surface area (Å²) < 4.78 is 21.5. The van der Waals surface area contributed by atoms with Gasteiger partial charge in [-0.3, -0.25) is 0 Å². The molecule has 0 aromatic carbocycles. The molecule has 1 fully saturated rings. The summed E-state index contributed by atoms with van der Waals surface area (Å²) in [6.45, 7) is 3.93. The van der Waals surface area contributed by atoms with Gasteiger partial charge in [-0.2, -0.15) is 0 Å². The lowest BCUT2D eigenvalue weighted by molar-refractivity contribution is -0.0148. The SMILES string of the molecule is COCCOCCOCCOCC1(c2nccc(CO)n2)CCC1. The van der Waals surface area contributed by atoms with Gasteiger partial charge in [-0.05, 0) is 18.9 Å². The minimum Gasteiger partial charge on any atom is -0.390 e. The first-order chi connectivity index (χ1) is 11.8. The van der Waals surface area contributed by atoms with Crippen molar-refractivity contribution in [2.45, 2.75) is 31.3 Å². The largest absolute Gasteiger partial charge is 0.390 e. The van der Waals surface area contributed by atoms with E-state index in [0.29, 0.717) is 51.9 Å². The molecule has 0 bridgehead atoms. The standard InChI is InChI=1S/C17H28N2O5/c1-21-7-8-22-9-10-23-11-12-24-14-17(4-2-5-17)16-18-6-3-15(13-20)19-16/h3,6,20H,2,4-5,7-14H2,1H3. The Morgan fingerprint density at radius 1 is 1.04 bits per heavy atom. The molecule has 136 valence electrons. The van der Waals surface area contributed by atoms with E-state index in [1.54, 1.807) is 19.4 Å². The van der Waals surface area contributed by atoms with E-state index in [1.165, 1.54) is 0 Å². The highest BCUT2D eigenvalue weighted by Gasteiger charge is 2.41. The Bertz CT molecular complexity index is 468. The van der Waals surface area contributed by atoms with Crippen LogP contribution in [0.3, 0.4) is 0 Å². The van der Waals surface area contributed by atoms with Gasteiger partial charge in [0.25, 0.3) is 0 Å². The Balaban J connectivity index is 1.62. The van der Waals surface area contributed by atoms with Gasteiger partial charge in [0, 0.05) is 13.3 Å². The molecular formula is C17H28N2O5. The van der Waals surface area contributed by atoms with E-state index in [-0.39, 0.29) is 12.0 Å². The van der Waals surface area contributed by atoms with Gasteiger partial charge in [0.15, 0.2) is 0 Å². The molecule has 0 saturated heterocycles. The van der Waals surface area contributed by atoms with E-state index >= 15 is 0 Å². The lowest BCUT2D eigenvalue weighted by Crippen LogP contribution is -2.41. The van der Waals surface area contributed by atoms with Crippen molar-refractivity contribution < 1.29 is 24.1 Å². The number of aromatic nitrogens is 2. The van der Waals surface area contributed by atoms with Gasteiger partial charge in [0.2, 0.25) is 0 Å². The average Bonchev–Trinajstić information content (AvgIpc) is 2.58. The van der Waals surface area contributed by atoms with Crippen molar-refractivity contribution >= 4 is 0 Å². The lowest BCUT2D eigenvalue weighted by atomic mass is 9.68. The zero-order valence-electron chi connectivity index (χ0n) is 14.4. The molecule has 2 rings (SSSR count). The summed E-state index contributed by atoms with van der Waals surface area (Å²) in [6.07, 6.45) is 4.91. The predicted molar refractivity (Wildman–Crippen MR) is 87.8 cm³/mol. The van der Waals surface area contributed by atoms with Crippen molar-refractivity contribution in [3.05, 3.63) is 23.8 Å². The monoisotopic (exact) mass is 340 g/mol. The van der Waals surface area contributed by atoms with Crippen LogP contribution >= 0.6 is 0 Å². The highest BCUT2D eigenvalue weighted by atomic mass is 16.6. The summed E-state index contributed by atoms with van der Waals surface area (Å²) in [5, 5.41) is 9.23. The van der Waals surface area contributed by atoms with Crippen LogP contribution in [0.25, 0.3) is 0 Å². The Labute approximate surface area is 143 Å². The van der Waals surface area contributed by atoms with Crippen LogP contribution in [0.5, 0.6) is 0 Å². The highest BCUT2D eigenvalue weighted by Crippen LogP contribution is 2.42. The van der Waals surface area contributed by atoms with Crippen molar-refractivity contribution in [1.29, 1.82) is 0 Å². The van der Waals surface area contributed by atoms with Crippen molar-refractivity contribution in [1.82, 2.24) is 9.97 Å². The maximum absolute atomic E-state index is 9.23. The fourth-order valence-electron chi connectivity index (χ4n) is 2.63. The topological polar surface area (TPSA) is 82.9 Å². The third-order valence-electron chi connectivity index (χ3n) is 4.21. The summed E-state index contributed by atoms with van der Waals surface area (Å²) in [5.74, 6) is 0.785. The number of methoxy groups -OCH3 is 1. The second-order valence-electron chi connectivity index (χ2n) is 5.93. The van der Waals surface area contributed by atoms with Crippen LogP contribution in [0.2, 0.25) is 0 Å².